The van der Waals surface area contributed by atoms with E-state index < -0.39 is 0 Å². The molecule has 1 unspecified atom stereocenters. The molecule has 0 radical (unpaired) electrons. The van der Waals surface area contributed by atoms with Crippen molar-refractivity contribution in [3.8, 4) is 12.3 Å². The number of ether oxygens (including phenoxy) is 1. The third-order valence-corrected chi connectivity index (χ3v) is 2.55. The van der Waals surface area contributed by atoms with Gasteiger partial charge in [-0.3, -0.25) is 4.90 Å². The predicted molar refractivity (Wildman–Crippen MR) is 74.1 cm³/mol. The lowest BCUT2D eigenvalue weighted by Gasteiger charge is -2.32. The minimum absolute atomic E-state index is 0.125. The Labute approximate surface area is 107 Å². The molecule has 0 aliphatic heterocycles. The highest BCUT2D eigenvalue weighted by molar-refractivity contribution is 4.91. The molecule has 0 aromatic carbocycles. The molecule has 0 fully saturated rings. The van der Waals surface area contributed by atoms with Gasteiger partial charge in [-0.1, -0.05) is 12.8 Å². The van der Waals surface area contributed by atoms with Crippen LogP contribution in [0.1, 0.15) is 34.1 Å². The van der Waals surface area contributed by atoms with Gasteiger partial charge in [0.25, 0.3) is 0 Å². The molecule has 0 aromatic heterocycles. The topological polar surface area (TPSA) is 24.5 Å². The highest BCUT2D eigenvalue weighted by atomic mass is 16.5. The third-order valence-electron chi connectivity index (χ3n) is 2.55. The molecule has 100 valence electrons. The fourth-order valence-electron chi connectivity index (χ4n) is 1.71. The van der Waals surface area contributed by atoms with E-state index in [4.69, 9.17) is 11.2 Å². The summed E-state index contributed by atoms with van der Waals surface area (Å²) in [7, 11) is 1.74. The highest BCUT2D eigenvalue weighted by Gasteiger charge is 2.19. The Bertz CT molecular complexity index is 227. The molecule has 3 nitrogen and oxygen atoms in total. The predicted octanol–water partition coefficient (Wildman–Crippen LogP) is 1.73. The van der Waals surface area contributed by atoms with Crippen LogP contribution in [0.15, 0.2) is 0 Å². The fourth-order valence-corrected chi connectivity index (χ4v) is 1.71. The van der Waals surface area contributed by atoms with Crippen LogP contribution in [0.4, 0.5) is 0 Å². The summed E-state index contributed by atoms with van der Waals surface area (Å²) >= 11 is 0. The molecule has 1 N–H and O–H groups in total. The van der Waals surface area contributed by atoms with Crippen molar-refractivity contribution in [3.05, 3.63) is 0 Å². The molecule has 0 saturated heterocycles. The number of nitrogens with zero attached hydrogens (tertiary/aromatic N) is 1. The Balaban J connectivity index is 4.39. The summed E-state index contributed by atoms with van der Waals surface area (Å²) in [6, 6.07) is 0.343. The van der Waals surface area contributed by atoms with Crippen LogP contribution >= 0.6 is 0 Å². The zero-order valence-corrected chi connectivity index (χ0v) is 12.0. The minimum atomic E-state index is 0.125. The van der Waals surface area contributed by atoms with E-state index in [0.29, 0.717) is 19.2 Å². The van der Waals surface area contributed by atoms with Crippen LogP contribution in [0.2, 0.25) is 0 Å². The quantitative estimate of drug-likeness (QED) is 0.654. The maximum Gasteiger partial charge on any atom is 0.0630 e. The molecule has 0 spiro atoms. The van der Waals surface area contributed by atoms with Gasteiger partial charge < -0.3 is 10.1 Å². The van der Waals surface area contributed by atoms with Crippen LogP contribution in [-0.2, 0) is 4.74 Å². The number of rotatable bonds is 8. The zero-order chi connectivity index (χ0) is 13.3. The summed E-state index contributed by atoms with van der Waals surface area (Å²) in [4.78, 5) is 2.31. The first kappa shape index (κ1) is 16.4. The van der Waals surface area contributed by atoms with Crippen molar-refractivity contribution in [2.75, 3.05) is 33.4 Å². The monoisotopic (exact) mass is 240 g/mol. The van der Waals surface area contributed by atoms with Crippen LogP contribution in [0.3, 0.4) is 0 Å². The molecule has 0 saturated carbocycles. The molecular formula is C14H28N2O. The Morgan fingerprint density at radius 1 is 1.41 bits per heavy atom. The van der Waals surface area contributed by atoms with Crippen LogP contribution in [0.5, 0.6) is 0 Å². The average Bonchev–Trinajstić information content (AvgIpc) is 2.23. The normalized spacial score (nSPS) is 13.7. The standard InChI is InChI=1S/C14H28N2O/c1-7-9-16(10-8-2)13(12-17-6)11-15-14(3,4)5/h1,13,15H,8-12H2,2-6H3. The van der Waals surface area contributed by atoms with Crippen LogP contribution in [-0.4, -0.2) is 49.8 Å². The van der Waals surface area contributed by atoms with Crippen molar-refractivity contribution < 1.29 is 4.74 Å². The van der Waals surface area contributed by atoms with Gasteiger partial charge in [0.1, 0.15) is 0 Å². The largest absolute Gasteiger partial charge is 0.383 e. The van der Waals surface area contributed by atoms with Gasteiger partial charge in [-0.2, -0.15) is 0 Å². The second-order valence-electron chi connectivity index (χ2n) is 5.41. The highest BCUT2D eigenvalue weighted by Crippen LogP contribution is 2.04. The smallest absolute Gasteiger partial charge is 0.0630 e. The summed E-state index contributed by atoms with van der Waals surface area (Å²) in [5, 5.41) is 3.51. The first-order valence-electron chi connectivity index (χ1n) is 6.36. The molecule has 1 atom stereocenters. The summed E-state index contributed by atoms with van der Waals surface area (Å²) < 4.78 is 5.29. The molecule has 17 heavy (non-hydrogen) atoms. The first-order chi connectivity index (χ1) is 7.94. The van der Waals surface area contributed by atoms with Gasteiger partial charge in [0.15, 0.2) is 0 Å². The maximum atomic E-state index is 5.42. The fraction of sp³-hybridized carbons (Fsp3) is 0.857. The zero-order valence-electron chi connectivity index (χ0n) is 12.0. The van der Waals surface area contributed by atoms with E-state index in [1.807, 2.05) is 0 Å². The van der Waals surface area contributed by atoms with Crippen molar-refractivity contribution in [1.82, 2.24) is 10.2 Å². The van der Waals surface area contributed by atoms with Crippen LogP contribution in [0.25, 0.3) is 0 Å². The van der Waals surface area contributed by atoms with E-state index in [1.54, 1.807) is 7.11 Å². The van der Waals surface area contributed by atoms with Crippen molar-refractivity contribution >= 4 is 0 Å². The number of hydrogen-bond acceptors (Lipinski definition) is 3. The Morgan fingerprint density at radius 2 is 2.06 bits per heavy atom. The van der Waals surface area contributed by atoms with Gasteiger partial charge in [0.05, 0.1) is 13.2 Å². The number of methoxy groups -OCH3 is 1. The third kappa shape index (κ3) is 8.20. The van der Waals surface area contributed by atoms with E-state index >= 15 is 0 Å². The van der Waals surface area contributed by atoms with Gasteiger partial charge in [-0.25, -0.2) is 0 Å². The van der Waals surface area contributed by atoms with E-state index in [9.17, 15) is 0 Å². The molecule has 0 aliphatic rings. The molecular weight excluding hydrogens is 212 g/mol. The van der Waals surface area contributed by atoms with E-state index in [2.05, 4.69) is 43.8 Å². The van der Waals surface area contributed by atoms with Gasteiger partial charge in [-0.05, 0) is 33.7 Å². The van der Waals surface area contributed by atoms with E-state index in [-0.39, 0.29) is 5.54 Å². The van der Waals surface area contributed by atoms with Crippen molar-refractivity contribution in [2.45, 2.75) is 45.7 Å². The Morgan fingerprint density at radius 3 is 2.47 bits per heavy atom. The van der Waals surface area contributed by atoms with Gasteiger partial charge >= 0.3 is 0 Å². The van der Waals surface area contributed by atoms with E-state index in [0.717, 1.165) is 19.5 Å². The average molecular weight is 240 g/mol. The van der Waals surface area contributed by atoms with Crippen LogP contribution in [0, 0.1) is 12.3 Å². The molecule has 0 heterocycles. The molecule has 0 aliphatic carbocycles. The summed E-state index contributed by atoms with van der Waals surface area (Å²) in [5.74, 6) is 2.73. The second-order valence-corrected chi connectivity index (χ2v) is 5.41. The Hall–Kier alpha value is -0.560. The lowest BCUT2D eigenvalue weighted by molar-refractivity contribution is 0.0936. The van der Waals surface area contributed by atoms with Gasteiger partial charge in [0.2, 0.25) is 0 Å². The van der Waals surface area contributed by atoms with Crippen molar-refractivity contribution in [2.24, 2.45) is 0 Å². The summed E-state index contributed by atoms with van der Waals surface area (Å²) in [6.07, 6.45) is 6.53. The van der Waals surface area contributed by atoms with Crippen molar-refractivity contribution in [1.29, 1.82) is 0 Å². The summed E-state index contributed by atoms with van der Waals surface area (Å²) in [6.45, 7) is 12.0. The lowest BCUT2D eigenvalue weighted by atomic mass is 10.1. The maximum absolute atomic E-state index is 5.42. The summed E-state index contributed by atoms with van der Waals surface area (Å²) in [5.41, 5.74) is 0.125. The molecule has 0 rings (SSSR count). The van der Waals surface area contributed by atoms with Crippen LogP contribution < -0.4 is 5.32 Å². The molecule has 3 heteroatoms. The number of terminal acetylenes is 1. The number of nitrogens with one attached hydrogen (secondary N) is 1. The minimum Gasteiger partial charge on any atom is -0.383 e. The van der Waals surface area contributed by atoms with Gasteiger partial charge in [-0.15, -0.1) is 6.42 Å². The molecule has 0 aromatic rings. The Kier molecular flexibility index (Phi) is 8.24. The number of hydrogen-bond donors (Lipinski definition) is 1. The lowest BCUT2D eigenvalue weighted by Crippen LogP contribution is -2.50. The SMILES string of the molecule is C#CCN(CCC)C(CNC(C)(C)C)COC. The molecule has 0 amide bonds. The van der Waals surface area contributed by atoms with Crippen molar-refractivity contribution in [3.63, 3.8) is 0 Å². The van der Waals surface area contributed by atoms with Gasteiger partial charge in [0, 0.05) is 25.2 Å². The molecule has 0 bridgehead atoms. The first-order valence-corrected chi connectivity index (χ1v) is 6.36. The second kappa shape index (κ2) is 8.52. The van der Waals surface area contributed by atoms with E-state index in [1.165, 1.54) is 0 Å².